The number of nitrogens with zero attached hydrogens (tertiary/aromatic N) is 1. The Labute approximate surface area is 116 Å². The average Bonchev–Trinajstić information content (AvgIpc) is 2.61. The van der Waals surface area contributed by atoms with Gasteiger partial charge in [-0.15, -0.1) is 0 Å². The summed E-state index contributed by atoms with van der Waals surface area (Å²) >= 11 is 9.47. The summed E-state index contributed by atoms with van der Waals surface area (Å²) in [5.74, 6) is -0.300. The van der Waals surface area contributed by atoms with Gasteiger partial charge in [0, 0.05) is 4.47 Å². The van der Waals surface area contributed by atoms with Gasteiger partial charge in [-0.05, 0) is 28.1 Å². The molecule has 0 saturated carbocycles. The third kappa shape index (κ3) is 2.67. The summed E-state index contributed by atoms with van der Waals surface area (Å²) in [4.78, 5) is 23.3. The zero-order valence-corrected chi connectivity index (χ0v) is 11.7. The average molecular weight is 331 g/mol. The van der Waals surface area contributed by atoms with Gasteiger partial charge in [-0.1, -0.05) is 36.1 Å². The van der Waals surface area contributed by atoms with Crippen LogP contribution in [0, 0.1) is 0 Å². The summed E-state index contributed by atoms with van der Waals surface area (Å²) in [5, 5.41) is 1.11. The fourth-order valence-electron chi connectivity index (χ4n) is 1.27. The smallest absolute Gasteiger partial charge is 0.271 e. The second kappa shape index (κ2) is 5.16. The minimum Gasteiger partial charge on any atom is -0.272 e. The Morgan fingerprint density at radius 2 is 2.18 bits per heavy atom. The first-order valence-corrected chi connectivity index (χ1v) is 6.83. The predicted octanol–water partition coefficient (Wildman–Crippen LogP) is 1.95. The molecular formula is C10H7BrN2O2S2. The van der Waals surface area contributed by atoms with Gasteiger partial charge < -0.3 is 0 Å². The van der Waals surface area contributed by atoms with Gasteiger partial charge in [0.2, 0.25) is 0 Å². The third-order valence-electron chi connectivity index (χ3n) is 2.08. The van der Waals surface area contributed by atoms with Crippen LogP contribution >= 0.6 is 39.9 Å². The quantitative estimate of drug-likeness (QED) is 0.842. The van der Waals surface area contributed by atoms with Crippen molar-refractivity contribution in [3.63, 3.8) is 0 Å². The molecule has 1 aliphatic heterocycles. The molecule has 1 aromatic carbocycles. The van der Waals surface area contributed by atoms with E-state index in [0.717, 1.165) is 5.01 Å². The molecule has 1 aromatic rings. The molecule has 0 unspecified atom stereocenters. The Balaban J connectivity index is 2.15. The highest BCUT2D eigenvalue weighted by molar-refractivity contribution is 9.10. The van der Waals surface area contributed by atoms with Crippen molar-refractivity contribution in [2.45, 2.75) is 0 Å². The molecule has 1 heterocycles. The second-order valence-electron chi connectivity index (χ2n) is 3.20. The molecule has 1 fully saturated rings. The fraction of sp³-hybridized carbons (Fsp3) is 0.100. The van der Waals surface area contributed by atoms with Crippen molar-refractivity contribution in [3.05, 3.63) is 34.3 Å². The monoisotopic (exact) mass is 330 g/mol. The van der Waals surface area contributed by atoms with E-state index >= 15 is 0 Å². The highest BCUT2D eigenvalue weighted by Crippen LogP contribution is 2.19. The van der Waals surface area contributed by atoms with Crippen LogP contribution in [0.1, 0.15) is 10.4 Å². The predicted molar refractivity (Wildman–Crippen MR) is 73.5 cm³/mol. The molecule has 1 aliphatic rings. The molecule has 4 nitrogen and oxygen atoms in total. The molecule has 0 aliphatic carbocycles. The Bertz CT molecular complexity index is 491. The zero-order valence-electron chi connectivity index (χ0n) is 8.47. The van der Waals surface area contributed by atoms with E-state index in [1.807, 2.05) is 6.07 Å². The maximum atomic E-state index is 11.9. The van der Waals surface area contributed by atoms with Crippen LogP contribution in [0.15, 0.2) is 28.7 Å². The largest absolute Gasteiger partial charge is 0.272 e. The van der Waals surface area contributed by atoms with Gasteiger partial charge in [-0.3, -0.25) is 15.0 Å². The van der Waals surface area contributed by atoms with Gasteiger partial charge in [0.05, 0.1) is 11.3 Å². The number of benzene rings is 1. The van der Waals surface area contributed by atoms with Crippen LogP contribution in [0.4, 0.5) is 0 Å². The molecule has 17 heavy (non-hydrogen) atoms. The molecular weight excluding hydrogens is 324 g/mol. The highest BCUT2D eigenvalue weighted by atomic mass is 79.9. The van der Waals surface area contributed by atoms with E-state index in [-0.39, 0.29) is 17.6 Å². The van der Waals surface area contributed by atoms with Crippen LogP contribution in [0.2, 0.25) is 0 Å². The van der Waals surface area contributed by atoms with Crippen molar-refractivity contribution in [2.75, 3.05) is 5.75 Å². The molecule has 2 amide bonds. The molecule has 0 bridgehead atoms. The normalized spacial score (nSPS) is 15.2. The van der Waals surface area contributed by atoms with Gasteiger partial charge in [-0.2, -0.15) is 0 Å². The lowest BCUT2D eigenvalue weighted by Crippen LogP contribution is -2.45. The number of nitrogens with one attached hydrogen (secondary N) is 1. The number of thioether (sulfide) groups is 1. The summed E-state index contributed by atoms with van der Waals surface area (Å²) in [6, 6.07) is 6.98. The first-order chi connectivity index (χ1) is 8.09. The topological polar surface area (TPSA) is 49.4 Å². The van der Waals surface area contributed by atoms with Gasteiger partial charge in [0.1, 0.15) is 0 Å². The number of thiocarbonyl (C=S) groups is 1. The summed E-state index contributed by atoms with van der Waals surface area (Å²) in [6.45, 7) is 0. The Hall–Kier alpha value is -0.920. The molecule has 0 spiro atoms. The van der Waals surface area contributed by atoms with Crippen molar-refractivity contribution >= 4 is 56.0 Å². The van der Waals surface area contributed by atoms with E-state index in [2.05, 4.69) is 21.4 Å². The first-order valence-electron chi connectivity index (χ1n) is 4.65. The maximum Gasteiger partial charge on any atom is 0.271 e. The molecule has 0 aromatic heterocycles. The number of amides is 2. The summed E-state index contributed by atoms with van der Waals surface area (Å²) in [5.41, 5.74) is 2.95. The molecule has 7 heteroatoms. The van der Waals surface area contributed by atoms with Gasteiger partial charge in [0.15, 0.2) is 4.32 Å². The van der Waals surface area contributed by atoms with Crippen molar-refractivity contribution in [2.24, 2.45) is 0 Å². The van der Waals surface area contributed by atoms with E-state index in [0.29, 0.717) is 14.4 Å². The third-order valence-corrected chi connectivity index (χ3v) is 4.13. The Morgan fingerprint density at radius 1 is 1.47 bits per heavy atom. The van der Waals surface area contributed by atoms with Crippen molar-refractivity contribution in [1.82, 2.24) is 10.4 Å². The lowest BCUT2D eigenvalue weighted by atomic mass is 10.2. The molecule has 88 valence electrons. The lowest BCUT2D eigenvalue weighted by molar-refractivity contribution is -0.125. The van der Waals surface area contributed by atoms with Crippen LogP contribution in [-0.2, 0) is 4.79 Å². The van der Waals surface area contributed by atoms with Crippen LogP contribution in [0.25, 0.3) is 0 Å². The minimum absolute atomic E-state index is 0.208. The van der Waals surface area contributed by atoms with Gasteiger partial charge >= 0.3 is 0 Å². The van der Waals surface area contributed by atoms with Gasteiger partial charge in [-0.25, -0.2) is 5.01 Å². The first kappa shape index (κ1) is 12.5. The number of carbonyl (C=O) groups is 2. The summed E-state index contributed by atoms with van der Waals surface area (Å²) < 4.78 is 1.04. The Morgan fingerprint density at radius 3 is 2.76 bits per heavy atom. The number of hydrazine groups is 1. The summed E-state index contributed by atoms with van der Waals surface area (Å²) in [6.07, 6.45) is 0. The molecule has 1 N–H and O–H groups in total. The molecule has 0 atom stereocenters. The fourth-order valence-corrected chi connectivity index (χ4v) is 2.71. The number of hydrogen-bond donors (Lipinski definition) is 1. The van der Waals surface area contributed by atoms with E-state index in [1.165, 1.54) is 11.8 Å². The van der Waals surface area contributed by atoms with Crippen LogP contribution < -0.4 is 5.43 Å². The van der Waals surface area contributed by atoms with Crippen LogP contribution in [-0.4, -0.2) is 26.9 Å². The molecule has 1 saturated heterocycles. The number of halogens is 1. The molecule has 2 rings (SSSR count). The SMILES string of the molecule is O=C(NN1C(=O)CSC1=S)c1ccccc1Br. The highest BCUT2D eigenvalue weighted by Gasteiger charge is 2.28. The number of carbonyl (C=O) groups excluding carboxylic acids is 2. The van der Waals surface area contributed by atoms with Crippen molar-refractivity contribution in [1.29, 1.82) is 0 Å². The van der Waals surface area contributed by atoms with Crippen molar-refractivity contribution < 1.29 is 9.59 Å². The maximum absolute atomic E-state index is 11.9. The Kier molecular flexibility index (Phi) is 3.80. The second-order valence-corrected chi connectivity index (χ2v) is 5.67. The minimum atomic E-state index is -0.365. The van der Waals surface area contributed by atoms with E-state index in [9.17, 15) is 9.59 Å². The van der Waals surface area contributed by atoms with E-state index in [1.54, 1.807) is 18.2 Å². The van der Waals surface area contributed by atoms with Crippen LogP contribution in [0.3, 0.4) is 0 Å². The standard InChI is InChI=1S/C10H7BrN2O2S2/c11-7-4-2-1-3-6(7)9(15)12-13-8(14)5-17-10(13)16/h1-4H,5H2,(H,12,15). The number of hydrogen-bond acceptors (Lipinski definition) is 4. The van der Waals surface area contributed by atoms with E-state index in [4.69, 9.17) is 12.2 Å². The van der Waals surface area contributed by atoms with E-state index < -0.39 is 0 Å². The zero-order chi connectivity index (χ0) is 12.4. The van der Waals surface area contributed by atoms with Crippen LogP contribution in [0.5, 0.6) is 0 Å². The van der Waals surface area contributed by atoms with Gasteiger partial charge in [0.25, 0.3) is 11.8 Å². The summed E-state index contributed by atoms with van der Waals surface area (Å²) in [7, 11) is 0. The lowest BCUT2D eigenvalue weighted by Gasteiger charge is -2.16. The van der Waals surface area contributed by atoms with Crippen molar-refractivity contribution in [3.8, 4) is 0 Å². The number of rotatable bonds is 2. The molecule has 0 radical (unpaired) electrons.